The van der Waals surface area contributed by atoms with Crippen molar-refractivity contribution in [3.05, 3.63) is 64.2 Å². The summed E-state index contributed by atoms with van der Waals surface area (Å²) in [7, 11) is 1.55. The lowest BCUT2D eigenvalue weighted by Gasteiger charge is -2.18. The van der Waals surface area contributed by atoms with Crippen LogP contribution in [0.2, 0.25) is 5.02 Å². The summed E-state index contributed by atoms with van der Waals surface area (Å²) in [5.74, 6) is -2.22. The van der Waals surface area contributed by atoms with Crippen LogP contribution >= 0.6 is 11.6 Å². The third-order valence-electron chi connectivity index (χ3n) is 3.00. The van der Waals surface area contributed by atoms with Gasteiger partial charge in [-0.1, -0.05) is 17.7 Å². The Labute approximate surface area is 125 Å². The highest BCUT2D eigenvalue weighted by Gasteiger charge is 2.16. The van der Waals surface area contributed by atoms with E-state index in [-0.39, 0.29) is 18.0 Å². The van der Waals surface area contributed by atoms with Gasteiger partial charge in [0.25, 0.3) is 5.91 Å². The molecule has 2 rings (SSSR count). The maximum absolute atomic E-state index is 13.2. The Bertz CT molecular complexity index is 691. The van der Waals surface area contributed by atoms with Crippen LogP contribution in [-0.2, 0) is 6.54 Å². The van der Waals surface area contributed by atoms with Gasteiger partial charge < -0.3 is 10.6 Å². The Morgan fingerprint density at radius 2 is 1.90 bits per heavy atom. The van der Waals surface area contributed by atoms with Gasteiger partial charge in [0.1, 0.15) is 0 Å². The second-order valence-corrected chi connectivity index (χ2v) is 5.08. The SMILES string of the molecule is CN(Cc1ccc(F)c(F)c1)C(=O)c1cc(Cl)ccc1N. The maximum Gasteiger partial charge on any atom is 0.256 e. The number of anilines is 1. The van der Waals surface area contributed by atoms with E-state index in [1.165, 1.54) is 17.0 Å². The minimum Gasteiger partial charge on any atom is -0.398 e. The number of benzene rings is 2. The molecule has 0 radical (unpaired) electrons. The van der Waals surface area contributed by atoms with Gasteiger partial charge in [0.15, 0.2) is 11.6 Å². The predicted octanol–water partition coefficient (Wildman–Crippen LogP) is 3.47. The monoisotopic (exact) mass is 310 g/mol. The van der Waals surface area contributed by atoms with Gasteiger partial charge in [0.05, 0.1) is 5.56 Å². The lowest BCUT2D eigenvalue weighted by atomic mass is 10.1. The molecule has 2 aromatic carbocycles. The Balaban J connectivity index is 2.19. The molecule has 2 N–H and O–H groups in total. The molecular formula is C15H13ClF2N2O. The molecule has 0 fully saturated rings. The zero-order chi connectivity index (χ0) is 15.6. The molecule has 1 amide bonds. The standard InChI is InChI=1S/C15H13ClF2N2O/c1-20(8-9-2-4-12(17)13(18)6-9)15(21)11-7-10(16)3-5-14(11)19/h2-7H,8,19H2,1H3. The highest BCUT2D eigenvalue weighted by molar-refractivity contribution is 6.31. The van der Waals surface area contributed by atoms with Gasteiger partial charge in [-0.2, -0.15) is 0 Å². The van der Waals surface area contributed by atoms with Crippen LogP contribution in [0, 0.1) is 11.6 Å². The summed E-state index contributed by atoms with van der Waals surface area (Å²) in [6.45, 7) is 0.127. The van der Waals surface area contributed by atoms with Crippen LogP contribution in [0.15, 0.2) is 36.4 Å². The van der Waals surface area contributed by atoms with Gasteiger partial charge in [-0.25, -0.2) is 8.78 Å². The van der Waals surface area contributed by atoms with Crippen molar-refractivity contribution in [2.75, 3.05) is 12.8 Å². The second kappa shape index (κ2) is 6.10. The molecule has 3 nitrogen and oxygen atoms in total. The molecule has 6 heteroatoms. The molecule has 0 aliphatic carbocycles. The van der Waals surface area contributed by atoms with Crippen LogP contribution in [0.3, 0.4) is 0 Å². The topological polar surface area (TPSA) is 46.3 Å². The normalized spacial score (nSPS) is 10.5. The fourth-order valence-electron chi connectivity index (χ4n) is 1.90. The highest BCUT2D eigenvalue weighted by Crippen LogP contribution is 2.20. The van der Waals surface area contributed by atoms with Crippen molar-refractivity contribution < 1.29 is 13.6 Å². The van der Waals surface area contributed by atoms with E-state index in [2.05, 4.69) is 0 Å². The van der Waals surface area contributed by atoms with E-state index in [0.717, 1.165) is 12.1 Å². The van der Waals surface area contributed by atoms with Crippen LogP contribution in [0.4, 0.5) is 14.5 Å². The molecule has 2 aromatic rings. The minimum absolute atomic E-state index is 0.127. The Morgan fingerprint density at radius 1 is 1.19 bits per heavy atom. The van der Waals surface area contributed by atoms with Gasteiger partial charge in [0, 0.05) is 24.3 Å². The first-order valence-electron chi connectivity index (χ1n) is 6.13. The summed E-state index contributed by atoms with van der Waals surface area (Å²) in [5.41, 5.74) is 6.80. The third-order valence-corrected chi connectivity index (χ3v) is 3.23. The fraction of sp³-hybridized carbons (Fsp3) is 0.133. The average molecular weight is 311 g/mol. The zero-order valence-corrected chi connectivity index (χ0v) is 12.0. The Hall–Kier alpha value is -2.14. The molecule has 0 aromatic heterocycles. The zero-order valence-electron chi connectivity index (χ0n) is 11.2. The van der Waals surface area contributed by atoms with Gasteiger partial charge in [0.2, 0.25) is 0 Å². The van der Waals surface area contributed by atoms with Crippen molar-refractivity contribution in [3.8, 4) is 0 Å². The first-order valence-corrected chi connectivity index (χ1v) is 6.50. The van der Waals surface area contributed by atoms with E-state index in [1.54, 1.807) is 19.2 Å². The van der Waals surface area contributed by atoms with Crippen molar-refractivity contribution in [1.82, 2.24) is 4.90 Å². The van der Waals surface area contributed by atoms with E-state index < -0.39 is 11.6 Å². The van der Waals surface area contributed by atoms with E-state index in [1.807, 2.05) is 0 Å². The van der Waals surface area contributed by atoms with Crippen LogP contribution in [0.25, 0.3) is 0 Å². The predicted molar refractivity (Wildman–Crippen MR) is 78.0 cm³/mol. The van der Waals surface area contributed by atoms with Crippen molar-refractivity contribution in [3.63, 3.8) is 0 Å². The molecule has 110 valence electrons. The largest absolute Gasteiger partial charge is 0.398 e. The quantitative estimate of drug-likeness (QED) is 0.882. The second-order valence-electron chi connectivity index (χ2n) is 4.64. The Kier molecular flexibility index (Phi) is 4.43. The summed E-state index contributed by atoms with van der Waals surface area (Å²) in [4.78, 5) is 13.6. The van der Waals surface area contributed by atoms with E-state index in [9.17, 15) is 13.6 Å². The van der Waals surface area contributed by atoms with Crippen LogP contribution in [-0.4, -0.2) is 17.9 Å². The molecule has 0 aliphatic heterocycles. The third kappa shape index (κ3) is 3.49. The summed E-state index contributed by atoms with van der Waals surface area (Å²) in [5, 5.41) is 0.397. The number of nitrogens with two attached hydrogens (primary N) is 1. The molecule has 0 bridgehead atoms. The average Bonchev–Trinajstić information content (AvgIpc) is 2.44. The smallest absolute Gasteiger partial charge is 0.256 e. The number of halogens is 3. The van der Waals surface area contributed by atoms with Crippen molar-refractivity contribution >= 4 is 23.2 Å². The van der Waals surface area contributed by atoms with Gasteiger partial charge in [-0.05, 0) is 35.9 Å². The van der Waals surface area contributed by atoms with Gasteiger partial charge >= 0.3 is 0 Å². The number of carbonyl (C=O) groups is 1. The molecule has 0 heterocycles. The number of rotatable bonds is 3. The Morgan fingerprint density at radius 3 is 2.57 bits per heavy atom. The summed E-state index contributed by atoms with van der Waals surface area (Å²) in [6, 6.07) is 8.10. The summed E-state index contributed by atoms with van der Waals surface area (Å²) >= 11 is 5.85. The lowest BCUT2D eigenvalue weighted by Crippen LogP contribution is -2.27. The van der Waals surface area contributed by atoms with Crippen LogP contribution in [0.5, 0.6) is 0 Å². The number of hydrogen-bond acceptors (Lipinski definition) is 2. The fourth-order valence-corrected chi connectivity index (χ4v) is 2.08. The van der Waals surface area contributed by atoms with E-state index in [4.69, 9.17) is 17.3 Å². The molecule has 0 unspecified atom stereocenters. The summed E-state index contributed by atoms with van der Waals surface area (Å²) in [6.07, 6.45) is 0. The van der Waals surface area contributed by atoms with Crippen molar-refractivity contribution in [2.24, 2.45) is 0 Å². The number of nitrogens with zero attached hydrogens (tertiary/aromatic N) is 1. The molecule has 21 heavy (non-hydrogen) atoms. The number of amides is 1. The van der Waals surface area contributed by atoms with Gasteiger partial charge in [-0.15, -0.1) is 0 Å². The number of carbonyl (C=O) groups excluding carboxylic acids is 1. The molecule has 0 saturated heterocycles. The van der Waals surface area contributed by atoms with Gasteiger partial charge in [-0.3, -0.25) is 4.79 Å². The van der Waals surface area contributed by atoms with Crippen molar-refractivity contribution in [1.29, 1.82) is 0 Å². The minimum atomic E-state index is -0.949. The van der Waals surface area contributed by atoms with E-state index >= 15 is 0 Å². The molecule has 0 saturated carbocycles. The molecule has 0 aliphatic rings. The van der Waals surface area contributed by atoms with Crippen LogP contribution in [0.1, 0.15) is 15.9 Å². The van der Waals surface area contributed by atoms with Crippen LogP contribution < -0.4 is 5.73 Å². The maximum atomic E-state index is 13.2. The molecular weight excluding hydrogens is 298 g/mol. The van der Waals surface area contributed by atoms with E-state index in [0.29, 0.717) is 16.3 Å². The number of nitrogen functional groups attached to an aromatic ring is 1. The lowest BCUT2D eigenvalue weighted by molar-refractivity contribution is 0.0786. The van der Waals surface area contributed by atoms with Crippen molar-refractivity contribution in [2.45, 2.75) is 6.54 Å². The first kappa shape index (κ1) is 15.3. The summed E-state index contributed by atoms with van der Waals surface area (Å²) < 4.78 is 26.0. The molecule has 0 spiro atoms. The number of hydrogen-bond donors (Lipinski definition) is 1. The first-order chi connectivity index (χ1) is 9.88. The highest BCUT2D eigenvalue weighted by atomic mass is 35.5. The molecule has 0 atom stereocenters.